The highest BCUT2D eigenvalue weighted by Crippen LogP contribution is 2.45. The van der Waals surface area contributed by atoms with Crippen LogP contribution in [0.5, 0.6) is 0 Å². The van der Waals surface area contributed by atoms with E-state index in [1.807, 2.05) is 4.98 Å². The van der Waals surface area contributed by atoms with Gasteiger partial charge in [0.2, 0.25) is 0 Å². The molecule has 0 bridgehead atoms. The van der Waals surface area contributed by atoms with E-state index in [4.69, 9.17) is 20.1 Å². The van der Waals surface area contributed by atoms with Crippen molar-refractivity contribution in [2.45, 2.75) is 89.9 Å². The van der Waals surface area contributed by atoms with Gasteiger partial charge in [-0.2, -0.15) is 0 Å². The Labute approximate surface area is 225 Å². The number of aliphatic hydroxyl groups is 1. The lowest BCUT2D eigenvalue weighted by Crippen LogP contribution is -2.46. The standard InChI is InChI=1S/C23H36FN4O10P/c1-8-23(18(24)17(30)19(38-23)28-10-9-16(29)25-22(28)33)11-35-39(34,26-14(6)20(31)36-12(2)3)27-15(7)21(32)37-13(4)5/h8-10,12-15,17-19,30H,1,11H2,2-7H3,(H,25,29,33)(H2,26,27,34)/t14-,15-,17+,18-,19+,23+/m0/s1/i11D/t11?,14-,15-,17+,18-,19+,23+. The van der Waals surface area contributed by atoms with Crippen molar-refractivity contribution in [3.63, 3.8) is 0 Å². The Hall–Kier alpha value is -2.68. The first-order valence-corrected chi connectivity index (χ1v) is 13.7. The Bertz CT molecular complexity index is 1210. The fourth-order valence-electron chi connectivity index (χ4n) is 3.44. The zero-order valence-corrected chi connectivity index (χ0v) is 23.3. The number of nitrogens with one attached hydrogen (secondary N) is 3. The molecule has 0 radical (unpaired) electrons. The van der Waals surface area contributed by atoms with Gasteiger partial charge in [-0.15, -0.1) is 6.58 Å². The minimum Gasteiger partial charge on any atom is -0.462 e. The number of hydrogen-bond donors (Lipinski definition) is 4. The van der Waals surface area contributed by atoms with Crippen molar-refractivity contribution in [3.05, 3.63) is 45.8 Å². The van der Waals surface area contributed by atoms with E-state index in [2.05, 4.69) is 16.8 Å². The third-order valence-corrected chi connectivity index (χ3v) is 7.17. The molecule has 2 heterocycles. The Kier molecular flexibility index (Phi) is 10.4. The lowest BCUT2D eigenvalue weighted by Gasteiger charge is -2.31. The number of carbonyl (C=O) groups excluding carboxylic acids is 2. The van der Waals surface area contributed by atoms with E-state index in [9.17, 15) is 28.8 Å². The Balaban J connectivity index is 2.42. The molecule has 0 saturated carbocycles. The smallest absolute Gasteiger partial charge is 0.342 e. The van der Waals surface area contributed by atoms with Gasteiger partial charge in [0, 0.05) is 12.3 Å². The number of hydrogen-bond acceptors (Lipinski definition) is 10. The van der Waals surface area contributed by atoms with Crippen LogP contribution in [-0.4, -0.2) is 75.3 Å². The van der Waals surface area contributed by atoms with Crippen LogP contribution in [0.3, 0.4) is 0 Å². The minimum absolute atomic E-state index is 0.521. The molecular weight excluding hydrogens is 542 g/mol. The van der Waals surface area contributed by atoms with Gasteiger partial charge in [0.05, 0.1) is 20.2 Å². The second-order valence-electron chi connectivity index (χ2n) is 9.42. The largest absolute Gasteiger partial charge is 0.462 e. The molecule has 0 amide bonds. The van der Waals surface area contributed by atoms with Crippen LogP contribution in [-0.2, 0) is 32.9 Å². The summed E-state index contributed by atoms with van der Waals surface area (Å²) in [6, 6.07) is -1.67. The van der Waals surface area contributed by atoms with E-state index >= 15 is 4.39 Å². The molecule has 1 aliphatic rings. The number of ether oxygens (including phenoxy) is 3. The summed E-state index contributed by atoms with van der Waals surface area (Å²) in [5.74, 6) is -1.68. The molecule has 0 aliphatic carbocycles. The summed E-state index contributed by atoms with van der Waals surface area (Å²) in [6.45, 7) is 10.1. The Morgan fingerprint density at radius 2 is 1.74 bits per heavy atom. The van der Waals surface area contributed by atoms with Crippen LogP contribution in [0.1, 0.15) is 49.1 Å². The molecule has 1 unspecified atom stereocenters. The predicted octanol–water partition coefficient (Wildman–Crippen LogP) is 0.673. The van der Waals surface area contributed by atoms with Crippen molar-refractivity contribution >= 4 is 19.6 Å². The highest BCUT2D eigenvalue weighted by Gasteiger charge is 2.56. The predicted molar refractivity (Wildman–Crippen MR) is 136 cm³/mol. The van der Waals surface area contributed by atoms with E-state index in [1.54, 1.807) is 27.7 Å². The maximum atomic E-state index is 15.6. The highest BCUT2D eigenvalue weighted by atomic mass is 31.2. The van der Waals surface area contributed by atoms with E-state index in [0.29, 0.717) is 4.57 Å². The van der Waals surface area contributed by atoms with Crippen molar-refractivity contribution in [2.75, 3.05) is 6.58 Å². The molecule has 1 aromatic rings. The topological polar surface area (TPSA) is 187 Å². The molecule has 1 saturated heterocycles. The lowest BCUT2D eigenvalue weighted by molar-refractivity contribution is -0.149. The van der Waals surface area contributed by atoms with Crippen LogP contribution in [0.15, 0.2) is 34.5 Å². The van der Waals surface area contributed by atoms with Crippen molar-refractivity contribution in [1.82, 2.24) is 19.7 Å². The van der Waals surface area contributed by atoms with Crippen molar-refractivity contribution in [1.29, 1.82) is 0 Å². The molecular formula is C23H36FN4O10P. The maximum absolute atomic E-state index is 15.6. The Morgan fingerprint density at radius 1 is 1.23 bits per heavy atom. The van der Waals surface area contributed by atoms with Gasteiger partial charge < -0.3 is 23.8 Å². The molecule has 1 aromatic heterocycles. The minimum atomic E-state index is -4.63. The SMILES string of the molecule is [2H]C(OP(=O)(N[C@@H](C)C(=O)OC(C)C)N[C@@H](C)C(=O)OC(C)C)[C@@]1(C=C)O[C@@H](n2ccc(=O)[nH]c2=O)[C@H](O)[C@@H]1F. The normalized spacial score (nSPS) is 26.1. The lowest BCUT2D eigenvalue weighted by atomic mass is 9.98. The first kappa shape index (κ1) is 30.9. The Morgan fingerprint density at radius 3 is 2.18 bits per heavy atom. The number of carbonyl (C=O) groups is 2. The number of halogens is 1. The molecule has 0 spiro atoms. The molecule has 2 rings (SSSR count). The second kappa shape index (κ2) is 13.1. The third kappa shape index (κ3) is 8.16. The van der Waals surface area contributed by atoms with Gasteiger partial charge in [-0.05, 0) is 41.5 Å². The molecule has 1 fully saturated rings. The van der Waals surface area contributed by atoms with Crippen LogP contribution >= 0.6 is 7.67 Å². The van der Waals surface area contributed by atoms with Gasteiger partial charge in [-0.3, -0.25) is 28.5 Å². The third-order valence-electron chi connectivity index (χ3n) is 5.32. The summed E-state index contributed by atoms with van der Waals surface area (Å²) in [7, 11) is -4.63. The first-order valence-electron chi connectivity index (χ1n) is 12.7. The van der Waals surface area contributed by atoms with Gasteiger partial charge in [-0.25, -0.2) is 19.4 Å². The summed E-state index contributed by atoms with van der Waals surface area (Å²) < 4.78 is 59.9. The van der Waals surface area contributed by atoms with Crippen molar-refractivity contribution in [2.24, 2.45) is 0 Å². The summed E-state index contributed by atoms with van der Waals surface area (Å²) >= 11 is 0. The summed E-state index contributed by atoms with van der Waals surface area (Å²) in [5, 5.41) is 15.3. The average molecular weight is 580 g/mol. The van der Waals surface area contributed by atoms with E-state index in [1.165, 1.54) is 13.8 Å². The fourth-order valence-corrected chi connectivity index (χ4v) is 5.18. The van der Waals surface area contributed by atoms with Crippen molar-refractivity contribution < 1.29 is 43.8 Å². The van der Waals surface area contributed by atoms with Crippen LogP contribution in [0.4, 0.5) is 4.39 Å². The monoisotopic (exact) mass is 579 g/mol. The average Bonchev–Trinajstić information content (AvgIpc) is 3.09. The van der Waals surface area contributed by atoms with Gasteiger partial charge in [0.25, 0.3) is 5.56 Å². The fraction of sp³-hybridized carbons (Fsp3) is 0.652. The molecule has 220 valence electrons. The molecule has 16 heteroatoms. The van der Waals surface area contributed by atoms with Crippen LogP contribution in [0.25, 0.3) is 0 Å². The highest BCUT2D eigenvalue weighted by molar-refractivity contribution is 7.54. The van der Waals surface area contributed by atoms with Gasteiger partial charge in [-0.1, -0.05) is 6.08 Å². The molecule has 0 aromatic carbocycles. The number of aromatic nitrogens is 2. The number of esters is 2. The zero-order valence-electron chi connectivity index (χ0n) is 23.5. The number of rotatable bonds is 13. The zero-order chi connectivity index (χ0) is 30.6. The number of nitrogens with zero attached hydrogens (tertiary/aromatic N) is 1. The molecule has 14 nitrogen and oxygen atoms in total. The van der Waals surface area contributed by atoms with E-state index in [-0.39, 0.29) is 0 Å². The summed E-state index contributed by atoms with van der Waals surface area (Å²) in [6.07, 6.45) is -5.53. The summed E-state index contributed by atoms with van der Waals surface area (Å²) in [4.78, 5) is 50.4. The maximum Gasteiger partial charge on any atom is 0.342 e. The van der Waals surface area contributed by atoms with Gasteiger partial charge >= 0.3 is 25.3 Å². The number of H-pyrrole nitrogens is 1. The number of alkyl halides is 1. The van der Waals surface area contributed by atoms with Crippen LogP contribution in [0, 0.1) is 0 Å². The van der Waals surface area contributed by atoms with Crippen molar-refractivity contribution in [3.8, 4) is 0 Å². The van der Waals surface area contributed by atoms with Gasteiger partial charge in [0.15, 0.2) is 12.4 Å². The first-order chi connectivity index (χ1) is 18.5. The van der Waals surface area contributed by atoms with Crippen LogP contribution < -0.4 is 21.4 Å². The van der Waals surface area contributed by atoms with E-state index in [0.717, 1.165) is 18.3 Å². The van der Waals surface area contributed by atoms with E-state index < -0.39 is 85.8 Å². The molecule has 1 aliphatic heterocycles. The van der Waals surface area contributed by atoms with Gasteiger partial charge in [0.1, 0.15) is 23.8 Å². The number of aliphatic hydroxyl groups excluding tert-OH is 1. The molecule has 39 heavy (non-hydrogen) atoms. The van der Waals surface area contributed by atoms with Crippen LogP contribution in [0.2, 0.25) is 0 Å². The number of aromatic amines is 1. The summed E-state index contributed by atoms with van der Waals surface area (Å²) in [5.41, 5.74) is -4.30. The second-order valence-corrected chi connectivity index (χ2v) is 11.3. The molecule has 4 N–H and O–H groups in total. The quantitative estimate of drug-likeness (QED) is 0.146. The molecule has 7 atom stereocenters.